The highest BCUT2D eigenvalue weighted by Gasteiger charge is 2.30. The summed E-state index contributed by atoms with van der Waals surface area (Å²) in [5, 5.41) is 8.12. The highest BCUT2D eigenvalue weighted by atomic mass is 127. The summed E-state index contributed by atoms with van der Waals surface area (Å²) in [5.41, 5.74) is 0. The maximum Gasteiger partial charge on any atom is 0.225 e. The van der Waals surface area contributed by atoms with E-state index < -0.39 is 0 Å². The van der Waals surface area contributed by atoms with Crippen LogP contribution in [-0.4, -0.2) is 65.5 Å². The second-order valence-electron chi connectivity index (χ2n) is 7.72. The normalized spacial score (nSPS) is 22.3. The zero-order valence-electron chi connectivity index (χ0n) is 18.2. The number of hydrogen-bond donors (Lipinski definition) is 2. The van der Waals surface area contributed by atoms with Crippen molar-refractivity contribution in [2.45, 2.75) is 58.4 Å². The fraction of sp³-hybridized carbons (Fsp3) is 0.762. The summed E-state index contributed by atoms with van der Waals surface area (Å²) in [6.45, 7) is 7.71. The summed E-state index contributed by atoms with van der Waals surface area (Å²) in [7, 11) is 0. The van der Waals surface area contributed by atoms with E-state index >= 15 is 0 Å². The number of aryl methyl sites for hydroxylation is 1. The molecule has 0 radical (unpaired) electrons. The molecule has 2 aliphatic rings. The van der Waals surface area contributed by atoms with Crippen molar-refractivity contribution in [1.29, 1.82) is 0 Å². The fourth-order valence-electron chi connectivity index (χ4n) is 3.93. The molecule has 0 atom stereocenters. The van der Waals surface area contributed by atoms with Gasteiger partial charge in [0.25, 0.3) is 0 Å². The van der Waals surface area contributed by atoms with Gasteiger partial charge in [0.1, 0.15) is 0 Å². The molecule has 0 spiro atoms. The molecule has 0 bridgehead atoms. The molecule has 30 heavy (non-hydrogen) atoms. The van der Waals surface area contributed by atoms with Gasteiger partial charge in [0.15, 0.2) is 5.96 Å². The van der Waals surface area contributed by atoms with E-state index in [9.17, 15) is 4.79 Å². The Morgan fingerprint density at radius 3 is 2.60 bits per heavy atom. The zero-order chi connectivity index (χ0) is 20.5. The Balaban J connectivity index is 0.00000320. The van der Waals surface area contributed by atoms with Crippen molar-refractivity contribution >= 4 is 58.9 Å². The highest BCUT2D eigenvalue weighted by molar-refractivity contribution is 14.0. The zero-order valence-corrected chi connectivity index (χ0v) is 22.2. The van der Waals surface area contributed by atoms with E-state index in [1.807, 2.05) is 18.0 Å². The summed E-state index contributed by atoms with van der Waals surface area (Å²) in [5.74, 6) is 3.67. The van der Waals surface area contributed by atoms with E-state index in [-0.39, 0.29) is 29.9 Å². The molecular weight excluding hydrogens is 529 g/mol. The number of rotatable bonds is 7. The molecule has 1 aliphatic carbocycles. The first kappa shape index (κ1) is 25.7. The van der Waals surface area contributed by atoms with Crippen LogP contribution in [0.3, 0.4) is 0 Å². The average molecular weight is 566 g/mol. The Hall–Kier alpha value is -0.550. The third kappa shape index (κ3) is 7.85. The number of nitrogens with one attached hydrogen (secondary N) is 2. The number of thioether (sulfide) groups is 1. The van der Waals surface area contributed by atoms with E-state index in [0.717, 1.165) is 87.2 Å². The number of thiazole rings is 1. The first-order chi connectivity index (χ1) is 14.2. The number of hydrogen-bond acceptors (Lipinski definition) is 5. The topological polar surface area (TPSA) is 69.6 Å². The van der Waals surface area contributed by atoms with Crippen molar-refractivity contribution in [3.63, 3.8) is 0 Å². The second kappa shape index (κ2) is 13.8. The molecule has 1 amide bonds. The molecule has 2 fully saturated rings. The Morgan fingerprint density at radius 1 is 1.23 bits per heavy atom. The van der Waals surface area contributed by atoms with Gasteiger partial charge in [-0.1, -0.05) is 6.92 Å². The molecular formula is C21H36IN5OS2. The molecule has 1 saturated heterocycles. The molecule has 1 aliphatic heterocycles. The molecule has 1 aromatic heterocycles. The highest BCUT2D eigenvalue weighted by Crippen LogP contribution is 2.27. The first-order valence-corrected chi connectivity index (χ1v) is 13.0. The van der Waals surface area contributed by atoms with Crippen molar-refractivity contribution in [1.82, 2.24) is 20.5 Å². The quantitative estimate of drug-likeness (QED) is 0.301. The minimum Gasteiger partial charge on any atom is -0.357 e. The van der Waals surface area contributed by atoms with Crippen LogP contribution in [0.1, 0.15) is 49.4 Å². The Labute approximate surface area is 206 Å². The van der Waals surface area contributed by atoms with Crippen molar-refractivity contribution in [2.24, 2.45) is 10.9 Å². The van der Waals surface area contributed by atoms with Crippen LogP contribution in [0.2, 0.25) is 0 Å². The SMILES string of the molecule is CCNC(=NCCc1ncc(CC)s1)NC1CCC(C(=O)N2CCSCC2)CC1.I. The molecule has 9 heteroatoms. The van der Waals surface area contributed by atoms with E-state index in [0.29, 0.717) is 11.9 Å². The van der Waals surface area contributed by atoms with Gasteiger partial charge in [-0.3, -0.25) is 9.79 Å². The largest absolute Gasteiger partial charge is 0.357 e. The summed E-state index contributed by atoms with van der Waals surface area (Å²) in [6.07, 6.45) is 7.96. The Bertz CT molecular complexity index is 670. The Kier molecular flexibility index (Phi) is 11.8. The smallest absolute Gasteiger partial charge is 0.225 e. The molecule has 1 aromatic rings. The van der Waals surface area contributed by atoms with Gasteiger partial charge in [-0.25, -0.2) is 4.98 Å². The van der Waals surface area contributed by atoms with Crippen molar-refractivity contribution in [2.75, 3.05) is 37.7 Å². The van der Waals surface area contributed by atoms with Gasteiger partial charge >= 0.3 is 0 Å². The van der Waals surface area contributed by atoms with Crippen molar-refractivity contribution < 1.29 is 4.79 Å². The third-order valence-electron chi connectivity index (χ3n) is 5.63. The Morgan fingerprint density at radius 2 is 1.97 bits per heavy atom. The van der Waals surface area contributed by atoms with Crippen LogP contribution < -0.4 is 10.6 Å². The monoisotopic (exact) mass is 565 g/mol. The van der Waals surface area contributed by atoms with Gasteiger partial charge in [-0.15, -0.1) is 35.3 Å². The standard InChI is InChI=1S/C21H35N5OS2.HI/c1-3-18-15-24-19(29-18)9-10-23-21(22-4-2)25-17-7-5-16(6-8-17)20(27)26-11-13-28-14-12-26;/h15-17H,3-14H2,1-2H3,(H2,22,23,25);1H. The van der Waals surface area contributed by atoms with E-state index in [2.05, 4.69) is 34.4 Å². The van der Waals surface area contributed by atoms with Crippen LogP contribution in [0.4, 0.5) is 0 Å². The maximum absolute atomic E-state index is 12.7. The van der Waals surface area contributed by atoms with Crippen LogP contribution >= 0.6 is 47.1 Å². The molecule has 2 heterocycles. The lowest BCUT2D eigenvalue weighted by Gasteiger charge is -2.34. The summed E-state index contributed by atoms with van der Waals surface area (Å²) in [6, 6.07) is 0.403. The number of carbonyl (C=O) groups is 1. The van der Waals surface area contributed by atoms with Crippen LogP contribution in [-0.2, 0) is 17.6 Å². The minimum absolute atomic E-state index is 0. The summed E-state index contributed by atoms with van der Waals surface area (Å²) >= 11 is 3.74. The molecule has 0 aromatic carbocycles. The van der Waals surface area contributed by atoms with Gasteiger partial charge in [0.2, 0.25) is 5.91 Å². The van der Waals surface area contributed by atoms with Gasteiger partial charge in [0, 0.05) is 67.1 Å². The number of nitrogens with zero attached hydrogens (tertiary/aromatic N) is 3. The number of guanidine groups is 1. The number of carbonyl (C=O) groups excluding carboxylic acids is 1. The number of aromatic nitrogens is 1. The van der Waals surface area contributed by atoms with E-state index in [4.69, 9.17) is 4.99 Å². The predicted octanol–water partition coefficient (Wildman–Crippen LogP) is 3.56. The van der Waals surface area contributed by atoms with Crippen LogP contribution in [0.25, 0.3) is 0 Å². The van der Waals surface area contributed by atoms with Gasteiger partial charge in [-0.2, -0.15) is 11.8 Å². The molecule has 6 nitrogen and oxygen atoms in total. The van der Waals surface area contributed by atoms with Crippen LogP contribution in [0.15, 0.2) is 11.2 Å². The molecule has 0 unspecified atom stereocenters. The van der Waals surface area contributed by atoms with Gasteiger partial charge < -0.3 is 15.5 Å². The third-order valence-corrected chi connectivity index (χ3v) is 7.77. The lowest BCUT2D eigenvalue weighted by molar-refractivity contribution is -0.136. The lowest BCUT2D eigenvalue weighted by Crippen LogP contribution is -2.47. The molecule has 1 saturated carbocycles. The second-order valence-corrected chi connectivity index (χ2v) is 10.1. The maximum atomic E-state index is 12.7. The predicted molar refractivity (Wildman–Crippen MR) is 139 cm³/mol. The van der Waals surface area contributed by atoms with Crippen LogP contribution in [0, 0.1) is 5.92 Å². The number of aliphatic imine (C=N–C) groups is 1. The molecule has 3 rings (SSSR count). The van der Waals surface area contributed by atoms with Crippen molar-refractivity contribution in [3.8, 4) is 0 Å². The fourth-order valence-corrected chi connectivity index (χ4v) is 5.68. The number of halogens is 1. The molecule has 2 N–H and O–H groups in total. The van der Waals surface area contributed by atoms with Crippen LogP contribution in [0.5, 0.6) is 0 Å². The molecule has 170 valence electrons. The summed E-state index contributed by atoms with van der Waals surface area (Å²) in [4.78, 5) is 25.4. The van der Waals surface area contributed by atoms with E-state index in [1.165, 1.54) is 4.88 Å². The first-order valence-electron chi connectivity index (χ1n) is 11.0. The summed E-state index contributed by atoms with van der Waals surface area (Å²) < 4.78 is 0. The van der Waals surface area contributed by atoms with Crippen molar-refractivity contribution in [3.05, 3.63) is 16.1 Å². The number of amides is 1. The lowest BCUT2D eigenvalue weighted by atomic mass is 9.85. The van der Waals surface area contributed by atoms with E-state index in [1.54, 1.807) is 11.3 Å². The van der Waals surface area contributed by atoms with Gasteiger partial charge in [0.05, 0.1) is 5.01 Å². The van der Waals surface area contributed by atoms with Gasteiger partial charge in [-0.05, 0) is 39.0 Å². The average Bonchev–Trinajstić information content (AvgIpc) is 3.22. The minimum atomic E-state index is 0.